The first-order valence-electron chi connectivity index (χ1n) is 8.59. The number of hydrogen-bond donors (Lipinski definition) is 1. The third-order valence-electron chi connectivity index (χ3n) is 5.30. The molecule has 0 radical (unpaired) electrons. The van der Waals surface area contributed by atoms with Crippen LogP contribution in [0.1, 0.15) is 61.9 Å². The van der Waals surface area contributed by atoms with Crippen LogP contribution in [-0.2, 0) is 6.42 Å². The number of hydrogen-bond acceptors (Lipinski definition) is 2. The van der Waals surface area contributed by atoms with E-state index < -0.39 is 0 Å². The molecule has 24 heavy (non-hydrogen) atoms. The van der Waals surface area contributed by atoms with E-state index in [0.717, 1.165) is 49.8 Å². The van der Waals surface area contributed by atoms with Crippen LogP contribution in [0, 0.1) is 0 Å². The molecule has 2 aliphatic rings. The molecular weight excluding hydrogens is 370 g/mol. The predicted octanol–water partition coefficient (Wildman–Crippen LogP) is -1.13. The van der Waals surface area contributed by atoms with Gasteiger partial charge in [-0.2, -0.15) is 4.57 Å². The Kier molecular flexibility index (Phi) is 5.04. The molecule has 4 rings (SSSR count). The Hall–Kier alpha value is -1.69. The molecule has 1 N–H and O–H groups in total. The molecule has 1 fully saturated rings. The van der Waals surface area contributed by atoms with Crippen LogP contribution in [0.15, 0.2) is 40.2 Å². The summed E-state index contributed by atoms with van der Waals surface area (Å²) >= 11 is 0. The molecule has 2 heterocycles. The molecule has 2 aromatic heterocycles. The van der Waals surface area contributed by atoms with Crippen molar-refractivity contribution >= 4 is 0 Å². The van der Waals surface area contributed by atoms with Crippen LogP contribution in [0.5, 0.6) is 0 Å². The number of aromatic nitrogens is 3. The summed E-state index contributed by atoms with van der Waals surface area (Å²) in [4.78, 5) is 28.5. The highest BCUT2D eigenvalue weighted by atomic mass is 79.9. The fourth-order valence-corrected chi connectivity index (χ4v) is 4.14. The SMILES string of the molecule is O=c1[nH]c2c(c(=O)n1C1CCCCC1)CCC2[n+]1ccccc1.[Br-]. The van der Waals surface area contributed by atoms with Crippen LogP contribution >= 0.6 is 0 Å². The summed E-state index contributed by atoms with van der Waals surface area (Å²) in [5.74, 6) is 0. The second-order valence-electron chi connectivity index (χ2n) is 6.67. The van der Waals surface area contributed by atoms with Crippen LogP contribution in [0.25, 0.3) is 0 Å². The zero-order valence-corrected chi connectivity index (χ0v) is 15.2. The zero-order chi connectivity index (χ0) is 15.8. The average Bonchev–Trinajstić information content (AvgIpc) is 3.00. The Balaban J connectivity index is 0.00000169. The molecule has 1 unspecified atom stereocenters. The molecule has 0 aliphatic heterocycles. The summed E-state index contributed by atoms with van der Waals surface area (Å²) in [6.45, 7) is 0. The highest BCUT2D eigenvalue weighted by Crippen LogP contribution is 2.28. The molecule has 2 aliphatic carbocycles. The zero-order valence-electron chi connectivity index (χ0n) is 13.6. The van der Waals surface area contributed by atoms with Crippen molar-refractivity contribution in [2.24, 2.45) is 0 Å². The lowest BCUT2D eigenvalue weighted by Crippen LogP contribution is -3.00. The van der Waals surface area contributed by atoms with Gasteiger partial charge < -0.3 is 22.0 Å². The molecule has 128 valence electrons. The van der Waals surface area contributed by atoms with Gasteiger partial charge in [0.1, 0.15) is 0 Å². The molecule has 0 bridgehead atoms. The van der Waals surface area contributed by atoms with Crippen molar-refractivity contribution in [3.05, 3.63) is 62.7 Å². The first-order valence-corrected chi connectivity index (χ1v) is 8.59. The van der Waals surface area contributed by atoms with E-state index in [2.05, 4.69) is 9.55 Å². The summed E-state index contributed by atoms with van der Waals surface area (Å²) in [6, 6.07) is 6.05. The molecule has 0 aromatic carbocycles. The van der Waals surface area contributed by atoms with Gasteiger partial charge in [0.25, 0.3) is 5.56 Å². The van der Waals surface area contributed by atoms with Crippen molar-refractivity contribution in [3.8, 4) is 0 Å². The van der Waals surface area contributed by atoms with Gasteiger partial charge in [-0.3, -0.25) is 9.36 Å². The average molecular weight is 392 g/mol. The van der Waals surface area contributed by atoms with Crippen molar-refractivity contribution in [3.63, 3.8) is 0 Å². The van der Waals surface area contributed by atoms with E-state index in [4.69, 9.17) is 0 Å². The largest absolute Gasteiger partial charge is 1.00 e. The molecular formula is C18H22BrN3O2. The third-order valence-corrected chi connectivity index (χ3v) is 5.30. The molecule has 0 amide bonds. The van der Waals surface area contributed by atoms with Crippen molar-refractivity contribution in [1.82, 2.24) is 9.55 Å². The van der Waals surface area contributed by atoms with Gasteiger partial charge in [0, 0.05) is 30.2 Å². The van der Waals surface area contributed by atoms with E-state index >= 15 is 0 Å². The quantitative estimate of drug-likeness (QED) is 0.658. The number of nitrogens with zero attached hydrogens (tertiary/aromatic N) is 2. The van der Waals surface area contributed by atoms with Crippen LogP contribution in [0.2, 0.25) is 0 Å². The number of fused-ring (bicyclic) bond motifs is 1. The maximum Gasteiger partial charge on any atom is 0.329 e. The minimum atomic E-state index is -0.232. The Morgan fingerprint density at radius 2 is 1.71 bits per heavy atom. The van der Waals surface area contributed by atoms with E-state index in [-0.39, 0.29) is 40.3 Å². The van der Waals surface area contributed by atoms with Gasteiger partial charge in [0.15, 0.2) is 18.4 Å². The number of H-pyrrole nitrogens is 1. The summed E-state index contributed by atoms with van der Waals surface area (Å²) < 4.78 is 3.57. The van der Waals surface area contributed by atoms with Gasteiger partial charge in [-0.05, 0) is 19.3 Å². The van der Waals surface area contributed by atoms with Gasteiger partial charge in [-0.25, -0.2) is 4.79 Å². The minimum absolute atomic E-state index is 0. The van der Waals surface area contributed by atoms with E-state index in [1.54, 1.807) is 0 Å². The van der Waals surface area contributed by atoms with Crippen molar-refractivity contribution in [1.29, 1.82) is 0 Å². The van der Waals surface area contributed by atoms with E-state index in [0.29, 0.717) is 0 Å². The fraction of sp³-hybridized carbons (Fsp3) is 0.500. The number of aromatic amines is 1. The van der Waals surface area contributed by atoms with Crippen LogP contribution in [-0.4, -0.2) is 9.55 Å². The monoisotopic (exact) mass is 391 g/mol. The van der Waals surface area contributed by atoms with E-state index in [1.165, 1.54) is 11.0 Å². The second kappa shape index (κ2) is 7.05. The van der Waals surface area contributed by atoms with Gasteiger partial charge >= 0.3 is 5.69 Å². The normalized spacial score (nSPS) is 20.4. The fourth-order valence-electron chi connectivity index (χ4n) is 4.14. The van der Waals surface area contributed by atoms with E-state index in [1.807, 2.05) is 30.6 Å². The third kappa shape index (κ3) is 2.88. The maximum absolute atomic E-state index is 12.9. The topological polar surface area (TPSA) is 58.7 Å². The van der Waals surface area contributed by atoms with Crippen molar-refractivity contribution in [2.45, 2.75) is 57.0 Å². The van der Waals surface area contributed by atoms with Crippen LogP contribution < -0.4 is 32.8 Å². The summed E-state index contributed by atoms with van der Waals surface area (Å²) in [5.41, 5.74) is 1.32. The smallest absolute Gasteiger partial charge is 0.329 e. The lowest BCUT2D eigenvalue weighted by molar-refractivity contribution is -0.713. The summed E-state index contributed by atoms with van der Waals surface area (Å²) in [5, 5.41) is 0. The maximum atomic E-state index is 12.9. The minimum Gasteiger partial charge on any atom is -1.00 e. The van der Waals surface area contributed by atoms with Crippen molar-refractivity contribution in [2.75, 3.05) is 0 Å². The lowest BCUT2D eigenvalue weighted by atomic mass is 9.95. The van der Waals surface area contributed by atoms with Gasteiger partial charge in [0.2, 0.25) is 0 Å². The Morgan fingerprint density at radius 1 is 1.00 bits per heavy atom. The Bertz CT molecular complexity index is 822. The molecule has 1 atom stereocenters. The van der Waals surface area contributed by atoms with Gasteiger partial charge in [-0.15, -0.1) is 0 Å². The molecule has 5 nitrogen and oxygen atoms in total. The van der Waals surface area contributed by atoms with Crippen molar-refractivity contribution < 1.29 is 21.5 Å². The van der Waals surface area contributed by atoms with Gasteiger partial charge in [-0.1, -0.05) is 25.3 Å². The van der Waals surface area contributed by atoms with E-state index in [9.17, 15) is 9.59 Å². The van der Waals surface area contributed by atoms with Crippen LogP contribution in [0.3, 0.4) is 0 Å². The molecule has 2 aromatic rings. The number of halogens is 1. The number of pyridine rings is 1. The molecule has 6 heteroatoms. The highest BCUT2D eigenvalue weighted by Gasteiger charge is 2.34. The molecule has 0 spiro atoms. The number of nitrogens with one attached hydrogen (secondary N) is 1. The summed E-state index contributed by atoms with van der Waals surface area (Å²) in [7, 11) is 0. The number of rotatable bonds is 2. The lowest BCUT2D eigenvalue weighted by Gasteiger charge is -2.23. The first-order chi connectivity index (χ1) is 11.3. The summed E-state index contributed by atoms with van der Waals surface area (Å²) in [6.07, 6.45) is 10.9. The predicted molar refractivity (Wildman–Crippen MR) is 86.5 cm³/mol. The highest BCUT2D eigenvalue weighted by molar-refractivity contribution is 5.24. The van der Waals surface area contributed by atoms with Crippen LogP contribution in [0.4, 0.5) is 0 Å². The Morgan fingerprint density at radius 3 is 2.42 bits per heavy atom. The first kappa shape index (κ1) is 17.1. The second-order valence-corrected chi connectivity index (χ2v) is 6.67. The standard InChI is InChI=1S/C18H21N3O2.BrH/c22-17-14-9-10-15(20-11-5-2-6-12-20)16(14)19-18(23)21(17)13-7-3-1-4-8-13;/h2,5-6,11-13,15H,1,3-4,7-10H2;1H. The molecule has 0 saturated heterocycles. The van der Waals surface area contributed by atoms with Gasteiger partial charge in [0.05, 0.1) is 5.69 Å². The molecule has 1 saturated carbocycles. The Labute approximate surface area is 151 Å².